The summed E-state index contributed by atoms with van der Waals surface area (Å²) in [6, 6.07) is 6.83. The van der Waals surface area contributed by atoms with Crippen LogP contribution in [0.5, 0.6) is 0 Å². The molecular weight excluding hydrogens is 310 g/mol. The number of hydrogen-bond donors (Lipinski definition) is 1. The minimum atomic E-state index is -3.46. The van der Waals surface area contributed by atoms with Gasteiger partial charge in [-0.15, -0.1) is 0 Å². The molecular formula is C14H20ClN3O2S. The number of benzene rings is 1. The Morgan fingerprint density at radius 3 is 2.62 bits per heavy atom. The average molecular weight is 330 g/mol. The highest BCUT2D eigenvalue weighted by Gasteiger charge is 2.31. The Morgan fingerprint density at radius 2 is 2.00 bits per heavy atom. The molecule has 1 unspecified atom stereocenters. The largest absolute Gasteiger partial charge is 0.329 e. The first-order valence-corrected chi connectivity index (χ1v) is 8.64. The van der Waals surface area contributed by atoms with Gasteiger partial charge in [-0.2, -0.15) is 4.31 Å². The fourth-order valence-corrected chi connectivity index (χ4v) is 3.85. The van der Waals surface area contributed by atoms with Crippen LogP contribution in [-0.2, 0) is 10.0 Å². The van der Waals surface area contributed by atoms with E-state index in [0.29, 0.717) is 31.2 Å². The highest BCUT2D eigenvalue weighted by molar-refractivity contribution is 7.92. The third-order valence-corrected chi connectivity index (χ3v) is 5.40. The monoisotopic (exact) mass is 329 g/mol. The van der Waals surface area contributed by atoms with Crippen LogP contribution in [0.3, 0.4) is 0 Å². The van der Waals surface area contributed by atoms with Crippen LogP contribution < -0.4 is 5.73 Å². The lowest BCUT2D eigenvalue weighted by atomic mass is 10.2. The van der Waals surface area contributed by atoms with Gasteiger partial charge in [0.1, 0.15) is 0 Å². The molecule has 0 amide bonds. The van der Waals surface area contributed by atoms with Crippen molar-refractivity contribution >= 4 is 27.7 Å². The molecule has 0 radical (unpaired) electrons. The Balaban J connectivity index is 2.15. The Labute approximate surface area is 131 Å². The van der Waals surface area contributed by atoms with Crippen molar-refractivity contribution in [1.29, 1.82) is 0 Å². The summed E-state index contributed by atoms with van der Waals surface area (Å²) in [6.45, 7) is 2.15. The van der Waals surface area contributed by atoms with Gasteiger partial charge in [-0.3, -0.25) is 0 Å². The van der Waals surface area contributed by atoms with Crippen LogP contribution >= 0.6 is 11.6 Å². The first-order valence-electron chi connectivity index (χ1n) is 6.76. The summed E-state index contributed by atoms with van der Waals surface area (Å²) in [5.41, 5.74) is 6.50. The van der Waals surface area contributed by atoms with E-state index >= 15 is 0 Å². The van der Waals surface area contributed by atoms with Crippen LogP contribution in [0.25, 0.3) is 6.08 Å². The summed E-state index contributed by atoms with van der Waals surface area (Å²) < 4.78 is 26.4. The molecule has 116 valence electrons. The lowest BCUT2D eigenvalue weighted by Crippen LogP contribution is -2.56. The summed E-state index contributed by atoms with van der Waals surface area (Å²) in [5.74, 6) is 0. The second kappa shape index (κ2) is 6.89. The number of piperazine rings is 1. The van der Waals surface area contributed by atoms with E-state index in [2.05, 4.69) is 4.90 Å². The van der Waals surface area contributed by atoms with E-state index in [4.69, 9.17) is 17.3 Å². The minimum absolute atomic E-state index is 0.177. The molecule has 7 heteroatoms. The first kappa shape index (κ1) is 16.5. The second-order valence-electron chi connectivity index (χ2n) is 5.16. The molecule has 0 bridgehead atoms. The average Bonchev–Trinajstić information content (AvgIpc) is 2.46. The normalized spacial score (nSPS) is 22.0. The van der Waals surface area contributed by atoms with Crippen LogP contribution in [0.15, 0.2) is 29.7 Å². The Hall–Kier alpha value is -0.920. The lowest BCUT2D eigenvalue weighted by Gasteiger charge is -2.37. The number of rotatable bonds is 4. The van der Waals surface area contributed by atoms with Gasteiger partial charge in [0.15, 0.2) is 0 Å². The molecule has 1 aliphatic rings. The van der Waals surface area contributed by atoms with Crippen molar-refractivity contribution in [2.45, 2.75) is 6.04 Å². The van der Waals surface area contributed by atoms with E-state index in [0.717, 1.165) is 5.56 Å². The van der Waals surface area contributed by atoms with Gasteiger partial charge in [-0.25, -0.2) is 8.42 Å². The number of nitrogens with zero attached hydrogens (tertiary/aromatic N) is 2. The molecule has 2 rings (SSSR count). The summed E-state index contributed by atoms with van der Waals surface area (Å²) in [7, 11) is -1.49. The van der Waals surface area contributed by atoms with Gasteiger partial charge in [0.05, 0.1) is 6.04 Å². The van der Waals surface area contributed by atoms with Crippen LogP contribution in [0, 0.1) is 0 Å². The molecule has 1 aliphatic heterocycles. The standard InChI is InChI=1S/C14H20ClN3O2S/c1-17-7-8-18(14(10-16)11-17)21(19,20)9-6-12-2-4-13(15)5-3-12/h2-6,9,14H,7-8,10-11,16H2,1H3/b9-6+. The molecule has 0 aromatic heterocycles. The van der Waals surface area contributed by atoms with Crippen molar-refractivity contribution in [3.63, 3.8) is 0 Å². The first-order chi connectivity index (χ1) is 9.92. The van der Waals surface area contributed by atoms with E-state index in [1.54, 1.807) is 30.3 Å². The number of nitrogens with two attached hydrogens (primary N) is 1. The molecule has 1 atom stereocenters. The van der Waals surface area contributed by atoms with Gasteiger partial charge in [0, 0.05) is 36.6 Å². The number of sulfonamides is 1. The van der Waals surface area contributed by atoms with Crippen LogP contribution in [0.1, 0.15) is 5.56 Å². The van der Waals surface area contributed by atoms with Gasteiger partial charge < -0.3 is 10.6 Å². The molecule has 2 N–H and O–H groups in total. The van der Waals surface area contributed by atoms with Crippen LogP contribution in [0.2, 0.25) is 5.02 Å². The van der Waals surface area contributed by atoms with Gasteiger partial charge >= 0.3 is 0 Å². The van der Waals surface area contributed by atoms with Crippen LogP contribution in [0.4, 0.5) is 0 Å². The fraction of sp³-hybridized carbons (Fsp3) is 0.429. The Bertz CT molecular complexity index is 601. The van der Waals surface area contributed by atoms with E-state index in [1.165, 1.54) is 9.71 Å². The van der Waals surface area contributed by atoms with Gasteiger partial charge in [-0.05, 0) is 30.8 Å². The molecule has 1 aromatic rings. The van der Waals surface area contributed by atoms with E-state index in [1.807, 2.05) is 7.05 Å². The predicted octanol–water partition coefficient (Wildman–Crippen LogP) is 1.22. The highest BCUT2D eigenvalue weighted by atomic mass is 35.5. The quantitative estimate of drug-likeness (QED) is 0.902. The molecule has 1 fully saturated rings. The summed E-state index contributed by atoms with van der Waals surface area (Å²) in [5, 5.41) is 1.86. The van der Waals surface area contributed by atoms with Gasteiger partial charge in [0.25, 0.3) is 0 Å². The molecule has 1 heterocycles. The lowest BCUT2D eigenvalue weighted by molar-refractivity contribution is 0.165. The maximum atomic E-state index is 12.4. The SMILES string of the molecule is CN1CCN(S(=O)(=O)/C=C/c2ccc(Cl)cc2)C(CN)C1. The molecule has 21 heavy (non-hydrogen) atoms. The predicted molar refractivity (Wildman–Crippen MR) is 86.5 cm³/mol. The zero-order valence-electron chi connectivity index (χ0n) is 11.9. The van der Waals surface area contributed by atoms with Crippen LogP contribution in [-0.4, -0.2) is 56.9 Å². The zero-order valence-corrected chi connectivity index (χ0v) is 13.5. The Morgan fingerprint density at radius 1 is 1.33 bits per heavy atom. The van der Waals surface area contributed by atoms with Gasteiger partial charge in [0.2, 0.25) is 10.0 Å². The van der Waals surface area contributed by atoms with E-state index in [9.17, 15) is 8.42 Å². The summed E-state index contributed by atoms with van der Waals surface area (Å²) >= 11 is 5.81. The molecule has 5 nitrogen and oxygen atoms in total. The fourth-order valence-electron chi connectivity index (χ4n) is 2.34. The van der Waals surface area contributed by atoms with Crippen molar-refractivity contribution in [3.05, 3.63) is 40.3 Å². The van der Waals surface area contributed by atoms with Crippen molar-refractivity contribution in [1.82, 2.24) is 9.21 Å². The van der Waals surface area contributed by atoms with Crippen molar-refractivity contribution in [2.75, 3.05) is 33.2 Å². The van der Waals surface area contributed by atoms with E-state index in [-0.39, 0.29) is 6.04 Å². The third-order valence-electron chi connectivity index (χ3n) is 3.53. The minimum Gasteiger partial charge on any atom is -0.329 e. The number of halogens is 1. The smallest absolute Gasteiger partial charge is 0.236 e. The zero-order chi connectivity index (χ0) is 15.5. The molecule has 0 spiro atoms. The highest BCUT2D eigenvalue weighted by Crippen LogP contribution is 2.16. The second-order valence-corrected chi connectivity index (χ2v) is 7.37. The topological polar surface area (TPSA) is 66.6 Å². The summed E-state index contributed by atoms with van der Waals surface area (Å²) in [6.07, 6.45) is 1.58. The maximum absolute atomic E-state index is 12.4. The number of likely N-dealkylation sites (N-methyl/N-ethyl adjacent to an activating group) is 1. The molecule has 1 saturated heterocycles. The van der Waals surface area contributed by atoms with Gasteiger partial charge in [-0.1, -0.05) is 23.7 Å². The molecule has 0 saturated carbocycles. The molecule has 1 aromatic carbocycles. The molecule has 0 aliphatic carbocycles. The summed E-state index contributed by atoms with van der Waals surface area (Å²) in [4.78, 5) is 2.09. The number of hydrogen-bond acceptors (Lipinski definition) is 4. The van der Waals surface area contributed by atoms with E-state index < -0.39 is 10.0 Å². The third kappa shape index (κ3) is 4.28. The maximum Gasteiger partial charge on any atom is 0.236 e. The Kier molecular flexibility index (Phi) is 5.40. The van der Waals surface area contributed by atoms with Crippen molar-refractivity contribution in [3.8, 4) is 0 Å². The van der Waals surface area contributed by atoms with Crippen molar-refractivity contribution in [2.24, 2.45) is 5.73 Å². The van der Waals surface area contributed by atoms with Crippen molar-refractivity contribution < 1.29 is 8.42 Å².